The van der Waals surface area contributed by atoms with Gasteiger partial charge in [-0.05, 0) is 24.6 Å². The zero-order valence-corrected chi connectivity index (χ0v) is 10.4. The Morgan fingerprint density at radius 3 is 2.63 bits per heavy atom. The Labute approximate surface area is 109 Å². The van der Waals surface area contributed by atoms with Crippen molar-refractivity contribution in [2.24, 2.45) is 5.73 Å². The molecule has 0 radical (unpaired) electrons. The maximum atomic E-state index is 11.6. The number of aromatic nitrogens is 3. The number of carbonyl (C=O) groups excluding carboxylic acids is 1. The summed E-state index contributed by atoms with van der Waals surface area (Å²) in [6, 6.07) is 7.55. The molecule has 0 saturated heterocycles. The van der Waals surface area contributed by atoms with Crippen molar-refractivity contribution in [2.45, 2.75) is 6.92 Å². The summed E-state index contributed by atoms with van der Waals surface area (Å²) in [5.41, 5.74) is 7.81. The SMILES string of the molecule is Cc1cccc2c1c(C(N)=O)cn2-c1ncccn1. The number of nitrogens with two attached hydrogens (primary N) is 1. The number of primary amides is 1. The van der Waals surface area contributed by atoms with E-state index in [4.69, 9.17) is 5.73 Å². The van der Waals surface area contributed by atoms with E-state index in [1.54, 1.807) is 29.2 Å². The van der Waals surface area contributed by atoms with Crippen molar-refractivity contribution < 1.29 is 4.79 Å². The third-order valence-electron chi connectivity index (χ3n) is 3.07. The van der Waals surface area contributed by atoms with Crippen LogP contribution in [0.25, 0.3) is 16.9 Å². The third-order valence-corrected chi connectivity index (χ3v) is 3.07. The molecule has 3 rings (SSSR count). The van der Waals surface area contributed by atoms with Crippen LogP contribution in [0.3, 0.4) is 0 Å². The van der Waals surface area contributed by atoms with Gasteiger partial charge in [-0.3, -0.25) is 9.36 Å². The van der Waals surface area contributed by atoms with Crippen LogP contribution in [0, 0.1) is 6.92 Å². The molecule has 5 heteroatoms. The fraction of sp³-hybridized carbons (Fsp3) is 0.0714. The van der Waals surface area contributed by atoms with E-state index in [2.05, 4.69) is 9.97 Å². The largest absolute Gasteiger partial charge is 0.366 e. The van der Waals surface area contributed by atoms with E-state index < -0.39 is 5.91 Å². The predicted molar refractivity (Wildman–Crippen MR) is 72.1 cm³/mol. The summed E-state index contributed by atoms with van der Waals surface area (Å²) in [4.78, 5) is 20.0. The summed E-state index contributed by atoms with van der Waals surface area (Å²) >= 11 is 0. The molecular weight excluding hydrogens is 240 g/mol. The maximum absolute atomic E-state index is 11.6. The number of carbonyl (C=O) groups is 1. The second-order valence-electron chi connectivity index (χ2n) is 4.29. The first-order valence-corrected chi connectivity index (χ1v) is 5.86. The fourth-order valence-electron chi connectivity index (χ4n) is 2.23. The van der Waals surface area contributed by atoms with Crippen molar-refractivity contribution >= 4 is 16.8 Å². The molecule has 2 N–H and O–H groups in total. The van der Waals surface area contributed by atoms with Crippen molar-refractivity contribution in [1.29, 1.82) is 0 Å². The lowest BCUT2D eigenvalue weighted by molar-refractivity contribution is 0.100. The zero-order valence-electron chi connectivity index (χ0n) is 10.4. The Morgan fingerprint density at radius 2 is 1.95 bits per heavy atom. The lowest BCUT2D eigenvalue weighted by Gasteiger charge is -2.02. The Bertz CT molecular complexity index is 762. The van der Waals surface area contributed by atoms with Crippen LogP contribution in [0.2, 0.25) is 0 Å². The fourth-order valence-corrected chi connectivity index (χ4v) is 2.23. The molecule has 2 aromatic heterocycles. The Hall–Kier alpha value is -2.69. The molecule has 0 aliphatic heterocycles. The molecule has 0 unspecified atom stereocenters. The minimum atomic E-state index is -0.450. The molecule has 1 aromatic carbocycles. The summed E-state index contributed by atoms with van der Waals surface area (Å²) in [6.07, 6.45) is 5.01. The van der Waals surface area contributed by atoms with Crippen LogP contribution in [0.4, 0.5) is 0 Å². The Balaban J connectivity index is 2.39. The second-order valence-corrected chi connectivity index (χ2v) is 4.29. The number of amides is 1. The topological polar surface area (TPSA) is 73.8 Å². The summed E-state index contributed by atoms with van der Waals surface area (Å²) in [5, 5.41) is 0.849. The molecule has 5 nitrogen and oxygen atoms in total. The van der Waals surface area contributed by atoms with E-state index in [1.165, 1.54) is 0 Å². The van der Waals surface area contributed by atoms with Gasteiger partial charge in [0.25, 0.3) is 5.91 Å². The van der Waals surface area contributed by atoms with E-state index in [9.17, 15) is 4.79 Å². The van der Waals surface area contributed by atoms with Gasteiger partial charge in [-0.15, -0.1) is 0 Å². The van der Waals surface area contributed by atoms with Crippen LogP contribution in [0.15, 0.2) is 42.9 Å². The highest BCUT2D eigenvalue weighted by molar-refractivity contribution is 6.07. The standard InChI is InChI=1S/C14H12N4O/c1-9-4-2-5-11-12(9)10(13(15)19)8-18(11)14-16-6-3-7-17-14/h2-8H,1H3,(H2,15,19). The Kier molecular flexibility index (Phi) is 2.52. The summed E-state index contributed by atoms with van der Waals surface area (Å²) in [7, 11) is 0. The second kappa shape index (κ2) is 4.20. The molecule has 0 saturated carbocycles. The smallest absolute Gasteiger partial charge is 0.250 e. The van der Waals surface area contributed by atoms with E-state index >= 15 is 0 Å². The molecule has 0 spiro atoms. The molecule has 19 heavy (non-hydrogen) atoms. The van der Waals surface area contributed by atoms with Crippen LogP contribution in [0.1, 0.15) is 15.9 Å². The predicted octanol–water partition coefficient (Wildman–Crippen LogP) is 1.83. The van der Waals surface area contributed by atoms with Crippen molar-refractivity contribution in [2.75, 3.05) is 0 Å². The van der Waals surface area contributed by atoms with Gasteiger partial charge >= 0.3 is 0 Å². The van der Waals surface area contributed by atoms with E-state index in [0.29, 0.717) is 11.5 Å². The number of nitrogens with zero attached hydrogens (tertiary/aromatic N) is 3. The highest BCUT2D eigenvalue weighted by Crippen LogP contribution is 2.26. The first-order chi connectivity index (χ1) is 9.18. The number of hydrogen-bond donors (Lipinski definition) is 1. The van der Waals surface area contributed by atoms with Crippen molar-refractivity contribution in [3.8, 4) is 5.95 Å². The van der Waals surface area contributed by atoms with Gasteiger partial charge in [-0.25, -0.2) is 9.97 Å². The van der Waals surface area contributed by atoms with Crippen LogP contribution in [-0.2, 0) is 0 Å². The lowest BCUT2D eigenvalue weighted by atomic mass is 10.1. The van der Waals surface area contributed by atoms with Gasteiger partial charge in [-0.2, -0.15) is 0 Å². The highest BCUT2D eigenvalue weighted by Gasteiger charge is 2.16. The number of hydrogen-bond acceptors (Lipinski definition) is 3. The lowest BCUT2D eigenvalue weighted by Crippen LogP contribution is -2.10. The van der Waals surface area contributed by atoms with Gasteiger partial charge in [0.05, 0.1) is 11.1 Å². The first kappa shape index (κ1) is 11.4. The van der Waals surface area contributed by atoms with Crippen molar-refractivity contribution in [1.82, 2.24) is 14.5 Å². The summed E-state index contributed by atoms with van der Waals surface area (Å²) in [5.74, 6) is 0.0691. The molecule has 0 atom stereocenters. The van der Waals surface area contributed by atoms with Gasteiger partial charge < -0.3 is 5.73 Å². The van der Waals surface area contributed by atoms with Gasteiger partial charge in [0.15, 0.2) is 0 Å². The quantitative estimate of drug-likeness (QED) is 0.756. The van der Waals surface area contributed by atoms with E-state index in [0.717, 1.165) is 16.5 Å². The minimum absolute atomic E-state index is 0.450. The van der Waals surface area contributed by atoms with E-state index in [-0.39, 0.29) is 0 Å². The number of benzene rings is 1. The van der Waals surface area contributed by atoms with Gasteiger partial charge in [0, 0.05) is 24.0 Å². The normalized spacial score (nSPS) is 10.8. The zero-order chi connectivity index (χ0) is 13.4. The summed E-state index contributed by atoms with van der Waals surface area (Å²) in [6.45, 7) is 1.95. The monoisotopic (exact) mass is 252 g/mol. The number of rotatable bonds is 2. The highest BCUT2D eigenvalue weighted by atomic mass is 16.1. The number of fused-ring (bicyclic) bond motifs is 1. The van der Waals surface area contributed by atoms with Gasteiger partial charge in [-0.1, -0.05) is 12.1 Å². The van der Waals surface area contributed by atoms with E-state index in [1.807, 2.05) is 25.1 Å². The molecule has 0 aliphatic rings. The Morgan fingerprint density at radius 1 is 1.21 bits per heavy atom. The molecule has 94 valence electrons. The molecule has 1 amide bonds. The van der Waals surface area contributed by atoms with Crippen LogP contribution in [-0.4, -0.2) is 20.4 Å². The van der Waals surface area contributed by atoms with Gasteiger partial charge in [0.1, 0.15) is 0 Å². The van der Waals surface area contributed by atoms with Crippen molar-refractivity contribution in [3.63, 3.8) is 0 Å². The average Bonchev–Trinajstić information content (AvgIpc) is 2.81. The van der Waals surface area contributed by atoms with Crippen LogP contribution < -0.4 is 5.73 Å². The molecule has 3 aromatic rings. The van der Waals surface area contributed by atoms with Crippen LogP contribution >= 0.6 is 0 Å². The van der Waals surface area contributed by atoms with Crippen LogP contribution in [0.5, 0.6) is 0 Å². The molecule has 0 fully saturated rings. The third kappa shape index (κ3) is 1.76. The molecule has 0 bridgehead atoms. The first-order valence-electron chi connectivity index (χ1n) is 5.86. The average molecular weight is 252 g/mol. The number of aryl methyl sites for hydroxylation is 1. The molecule has 2 heterocycles. The van der Waals surface area contributed by atoms with Gasteiger partial charge in [0.2, 0.25) is 5.95 Å². The maximum Gasteiger partial charge on any atom is 0.250 e. The molecular formula is C14H12N4O. The minimum Gasteiger partial charge on any atom is -0.366 e. The van der Waals surface area contributed by atoms with Crippen molar-refractivity contribution in [3.05, 3.63) is 54.0 Å². The molecule has 0 aliphatic carbocycles. The summed E-state index contributed by atoms with van der Waals surface area (Å²) < 4.78 is 1.78.